The minimum atomic E-state index is 0.0723. The summed E-state index contributed by atoms with van der Waals surface area (Å²) in [6.07, 6.45) is 1.66. The highest BCUT2D eigenvalue weighted by Gasteiger charge is 2.21. The summed E-state index contributed by atoms with van der Waals surface area (Å²) >= 11 is 1.56. The molecule has 0 atom stereocenters. The molecule has 4 nitrogen and oxygen atoms in total. The van der Waals surface area contributed by atoms with Crippen LogP contribution in [0.15, 0.2) is 71.0 Å². The van der Waals surface area contributed by atoms with Gasteiger partial charge in [-0.3, -0.25) is 4.79 Å². The van der Waals surface area contributed by atoms with E-state index in [1.807, 2.05) is 58.8 Å². The van der Waals surface area contributed by atoms with Crippen molar-refractivity contribution in [3.63, 3.8) is 0 Å². The SMILES string of the molecule is COc1ccccc1N1CCN(C(=O)/C=C/Sc2ccccc2)CC1. The van der Waals surface area contributed by atoms with Gasteiger partial charge in [-0.25, -0.2) is 0 Å². The second-order valence-corrected chi connectivity index (χ2v) is 6.70. The van der Waals surface area contributed by atoms with Gasteiger partial charge in [0.15, 0.2) is 0 Å². The van der Waals surface area contributed by atoms with E-state index in [0.29, 0.717) is 0 Å². The van der Waals surface area contributed by atoms with Crippen molar-refractivity contribution >= 4 is 23.4 Å². The third kappa shape index (κ3) is 4.57. The molecule has 1 saturated heterocycles. The van der Waals surface area contributed by atoms with E-state index >= 15 is 0 Å². The molecule has 0 saturated carbocycles. The Balaban J connectivity index is 1.52. The number of ether oxygens (including phenoxy) is 1. The molecule has 130 valence electrons. The number of para-hydroxylation sites is 2. The summed E-state index contributed by atoms with van der Waals surface area (Å²) in [6.45, 7) is 3.06. The minimum absolute atomic E-state index is 0.0723. The van der Waals surface area contributed by atoms with E-state index in [1.165, 1.54) is 0 Å². The number of hydrogen-bond acceptors (Lipinski definition) is 4. The third-order valence-electron chi connectivity index (χ3n) is 4.18. The van der Waals surface area contributed by atoms with Crippen LogP contribution in [0.3, 0.4) is 0 Å². The van der Waals surface area contributed by atoms with Crippen molar-refractivity contribution in [2.45, 2.75) is 4.90 Å². The van der Waals surface area contributed by atoms with Crippen LogP contribution in [-0.2, 0) is 4.79 Å². The third-order valence-corrected chi connectivity index (χ3v) is 4.99. The quantitative estimate of drug-likeness (QED) is 0.606. The van der Waals surface area contributed by atoms with Crippen LogP contribution in [0.1, 0.15) is 0 Å². The average Bonchev–Trinajstić information content (AvgIpc) is 2.69. The maximum atomic E-state index is 12.3. The monoisotopic (exact) mass is 354 g/mol. The maximum Gasteiger partial charge on any atom is 0.247 e. The molecule has 5 heteroatoms. The Bertz CT molecular complexity index is 725. The van der Waals surface area contributed by atoms with Crippen LogP contribution in [0.25, 0.3) is 0 Å². The Morgan fingerprint density at radius 2 is 1.68 bits per heavy atom. The van der Waals surface area contributed by atoms with Gasteiger partial charge in [0, 0.05) is 37.2 Å². The minimum Gasteiger partial charge on any atom is -0.495 e. The second kappa shape index (κ2) is 8.62. The molecule has 2 aromatic carbocycles. The summed E-state index contributed by atoms with van der Waals surface area (Å²) in [5, 5.41) is 1.87. The number of hydrogen-bond donors (Lipinski definition) is 0. The number of anilines is 1. The van der Waals surface area contributed by atoms with Crippen LogP contribution in [0.2, 0.25) is 0 Å². The van der Waals surface area contributed by atoms with E-state index in [0.717, 1.165) is 42.5 Å². The number of rotatable bonds is 5. The number of benzene rings is 2. The first-order chi connectivity index (χ1) is 12.3. The van der Waals surface area contributed by atoms with Crippen molar-refractivity contribution in [1.82, 2.24) is 4.90 Å². The van der Waals surface area contributed by atoms with Gasteiger partial charge in [-0.1, -0.05) is 42.1 Å². The van der Waals surface area contributed by atoms with E-state index in [2.05, 4.69) is 11.0 Å². The molecule has 0 aromatic heterocycles. The maximum absolute atomic E-state index is 12.3. The molecule has 0 spiro atoms. The standard InChI is InChI=1S/C20H22N2O2S/c1-24-19-10-6-5-9-18(19)21-12-14-22(15-13-21)20(23)11-16-25-17-7-3-2-4-8-17/h2-11,16H,12-15H2,1H3/b16-11+. The van der Waals surface area contributed by atoms with Crippen molar-refractivity contribution in [3.05, 3.63) is 66.1 Å². The molecule has 2 aromatic rings. The molecule has 0 aliphatic carbocycles. The van der Waals surface area contributed by atoms with E-state index in [9.17, 15) is 4.79 Å². The lowest BCUT2D eigenvalue weighted by Crippen LogP contribution is -2.48. The Hall–Kier alpha value is -2.40. The zero-order valence-corrected chi connectivity index (χ0v) is 15.1. The number of piperazine rings is 1. The molecule has 1 aliphatic heterocycles. The fourth-order valence-corrected chi connectivity index (χ4v) is 3.49. The summed E-state index contributed by atoms with van der Waals surface area (Å²) in [6, 6.07) is 18.1. The molecule has 3 rings (SSSR count). The summed E-state index contributed by atoms with van der Waals surface area (Å²) in [4.78, 5) is 17.6. The van der Waals surface area contributed by atoms with Gasteiger partial charge in [0.2, 0.25) is 5.91 Å². The van der Waals surface area contributed by atoms with Gasteiger partial charge in [0.1, 0.15) is 5.75 Å². The number of amides is 1. The van der Waals surface area contributed by atoms with Crippen molar-refractivity contribution in [3.8, 4) is 5.75 Å². The van der Waals surface area contributed by atoms with Crippen LogP contribution >= 0.6 is 11.8 Å². The van der Waals surface area contributed by atoms with Gasteiger partial charge in [-0.2, -0.15) is 0 Å². The molecule has 0 unspecified atom stereocenters. The van der Waals surface area contributed by atoms with Gasteiger partial charge in [0.05, 0.1) is 12.8 Å². The fraction of sp³-hybridized carbons (Fsp3) is 0.250. The summed E-state index contributed by atoms with van der Waals surface area (Å²) in [5.74, 6) is 0.949. The molecule has 0 bridgehead atoms. The number of methoxy groups -OCH3 is 1. The summed E-state index contributed by atoms with van der Waals surface area (Å²) in [5.41, 5.74) is 1.09. The van der Waals surface area contributed by atoms with Gasteiger partial charge < -0.3 is 14.5 Å². The smallest absolute Gasteiger partial charge is 0.247 e. The molecule has 1 heterocycles. The normalized spacial score (nSPS) is 14.8. The lowest BCUT2D eigenvalue weighted by molar-refractivity contribution is -0.126. The van der Waals surface area contributed by atoms with Gasteiger partial charge >= 0.3 is 0 Å². The Morgan fingerprint density at radius 3 is 2.40 bits per heavy atom. The Morgan fingerprint density at radius 1 is 1.00 bits per heavy atom. The van der Waals surface area contributed by atoms with Crippen molar-refractivity contribution < 1.29 is 9.53 Å². The zero-order chi connectivity index (χ0) is 17.5. The Labute approximate surface area is 153 Å². The molecular formula is C20H22N2O2S. The van der Waals surface area contributed by atoms with Crippen LogP contribution < -0.4 is 9.64 Å². The molecular weight excluding hydrogens is 332 g/mol. The first-order valence-electron chi connectivity index (χ1n) is 8.33. The number of thioether (sulfide) groups is 1. The van der Waals surface area contributed by atoms with E-state index in [4.69, 9.17) is 4.74 Å². The van der Waals surface area contributed by atoms with E-state index in [-0.39, 0.29) is 5.91 Å². The molecule has 1 amide bonds. The highest BCUT2D eigenvalue weighted by molar-refractivity contribution is 8.02. The topological polar surface area (TPSA) is 32.8 Å². The fourth-order valence-electron chi connectivity index (χ4n) is 2.83. The molecule has 0 radical (unpaired) electrons. The van der Waals surface area contributed by atoms with Crippen molar-refractivity contribution in [2.75, 3.05) is 38.2 Å². The number of carbonyl (C=O) groups excluding carboxylic acids is 1. The van der Waals surface area contributed by atoms with Crippen molar-refractivity contribution in [2.24, 2.45) is 0 Å². The largest absolute Gasteiger partial charge is 0.495 e. The lowest BCUT2D eigenvalue weighted by atomic mass is 10.2. The molecule has 1 aliphatic rings. The van der Waals surface area contributed by atoms with Gasteiger partial charge in [-0.05, 0) is 29.7 Å². The number of carbonyl (C=O) groups is 1. The first-order valence-corrected chi connectivity index (χ1v) is 9.21. The highest BCUT2D eigenvalue weighted by atomic mass is 32.2. The van der Waals surface area contributed by atoms with Crippen LogP contribution in [0.5, 0.6) is 5.75 Å². The van der Waals surface area contributed by atoms with E-state index < -0.39 is 0 Å². The van der Waals surface area contributed by atoms with E-state index in [1.54, 1.807) is 24.9 Å². The second-order valence-electron chi connectivity index (χ2n) is 5.72. The highest BCUT2D eigenvalue weighted by Crippen LogP contribution is 2.28. The van der Waals surface area contributed by atoms with Crippen molar-refractivity contribution in [1.29, 1.82) is 0 Å². The number of nitrogens with zero attached hydrogens (tertiary/aromatic N) is 2. The predicted octanol–water partition coefficient (Wildman–Crippen LogP) is 3.65. The van der Waals surface area contributed by atoms with Gasteiger partial charge in [0.25, 0.3) is 0 Å². The lowest BCUT2D eigenvalue weighted by Gasteiger charge is -2.36. The predicted molar refractivity (Wildman–Crippen MR) is 103 cm³/mol. The molecule has 25 heavy (non-hydrogen) atoms. The van der Waals surface area contributed by atoms with Crippen LogP contribution in [0, 0.1) is 0 Å². The van der Waals surface area contributed by atoms with Gasteiger partial charge in [-0.15, -0.1) is 0 Å². The van der Waals surface area contributed by atoms with Crippen LogP contribution in [0.4, 0.5) is 5.69 Å². The zero-order valence-electron chi connectivity index (χ0n) is 14.3. The summed E-state index contributed by atoms with van der Waals surface area (Å²) < 4.78 is 5.43. The van der Waals surface area contributed by atoms with Crippen LogP contribution in [-0.4, -0.2) is 44.1 Å². The molecule has 0 N–H and O–H groups in total. The average molecular weight is 354 g/mol. The molecule has 1 fully saturated rings. The summed E-state index contributed by atoms with van der Waals surface area (Å²) in [7, 11) is 1.69. The first kappa shape index (κ1) is 17.4. The Kier molecular flexibility index (Phi) is 6.01.